The molecule has 3 aliphatic heterocycles. The monoisotopic (exact) mass is 1270 g/mol. The second kappa shape index (κ2) is 28.4. The number of aromatic carboxylic acids is 3. The molecule has 3 aromatic heterocycles. The normalized spacial score (nSPS) is 14.6. The van der Waals surface area contributed by atoms with Gasteiger partial charge in [0, 0.05) is 67.0 Å². The minimum absolute atomic E-state index is 0.158. The molecule has 0 bridgehead atoms. The van der Waals surface area contributed by atoms with Crippen LogP contribution in [-0.4, -0.2) is 148 Å². The predicted octanol–water partition coefficient (Wildman–Crippen LogP) is 13.5. The fraction of sp³-hybridized carbons (Fsp3) is 0.234. The summed E-state index contributed by atoms with van der Waals surface area (Å²) in [4.78, 5) is 52.6. The number of carboxylic acids is 3. The van der Waals surface area contributed by atoms with Crippen LogP contribution in [0.3, 0.4) is 0 Å². The molecular weight excluding hydrogens is 1190 g/mol. The standard InChI is InChI=1S/C26H25N3O3.C26H25N3O2.C25H24N4O3/c1-28-17-27-25-23(26(30)31)14-22(15-24(25)28)20-7-5-19(6-8-20)21-4-2-3-18(13-21)16-29-9-11-32-12-10-29;1-28-17-27-24-15-22(14-23(25(24)28)26(30)31)20-9-7-19(8-10-20)21-6-4-5-18(13-21)16-29-11-2-3-12-29;1-28-26-23-15-21(14-22(25(30)31)24(23)27-28)19-7-5-18(6-8-19)20-4-2-3-17(13-20)16-29-9-11-32-12-10-29/h2-8,13-15,17H,9-12,16H2,1H3,(H,30,31);4-10,13-15,17H,2-3,11-12,16H2,1H3,(H,30,31);2-8,13-15H,9-12,16H2,1H3,(H,30,31). The summed E-state index contributed by atoms with van der Waals surface area (Å²) in [5, 5.41) is 37.4. The fourth-order valence-electron chi connectivity index (χ4n) is 13.0. The van der Waals surface area contributed by atoms with Gasteiger partial charge < -0.3 is 33.9 Å². The van der Waals surface area contributed by atoms with Gasteiger partial charge in [0.05, 0.1) is 72.3 Å². The molecule has 12 aromatic rings. The largest absolute Gasteiger partial charge is 0.478 e. The first-order chi connectivity index (χ1) is 46.2. The van der Waals surface area contributed by atoms with E-state index in [4.69, 9.17) is 9.47 Å². The summed E-state index contributed by atoms with van der Waals surface area (Å²) in [6.45, 7) is 12.3. The van der Waals surface area contributed by atoms with Gasteiger partial charge in [-0.1, -0.05) is 127 Å². The molecule has 0 spiro atoms. The van der Waals surface area contributed by atoms with Gasteiger partial charge >= 0.3 is 17.9 Å². The molecular formula is C77H74N10O8. The lowest BCUT2D eigenvalue weighted by Crippen LogP contribution is -2.35. The molecule has 0 unspecified atom stereocenters. The number of aromatic nitrogens is 7. The van der Waals surface area contributed by atoms with Crippen LogP contribution >= 0.6 is 0 Å². The second-order valence-electron chi connectivity index (χ2n) is 24.6. The van der Waals surface area contributed by atoms with E-state index < -0.39 is 17.9 Å². The Kier molecular flexibility index (Phi) is 18.9. The molecule has 3 fully saturated rings. The van der Waals surface area contributed by atoms with Gasteiger partial charge in [-0.2, -0.15) is 15.0 Å². The van der Waals surface area contributed by atoms with Crippen LogP contribution in [0.1, 0.15) is 60.6 Å². The van der Waals surface area contributed by atoms with E-state index in [9.17, 15) is 29.7 Å². The zero-order valence-corrected chi connectivity index (χ0v) is 53.4. The van der Waals surface area contributed by atoms with Crippen molar-refractivity contribution in [2.24, 2.45) is 21.1 Å². The molecule has 0 atom stereocenters. The number of imidazole rings is 2. The summed E-state index contributed by atoms with van der Waals surface area (Å²) < 4.78 is 14.5. The Hall–Kier alpha value is -10.5. The molecule has 480 valence electrons. The first-order valence-corrected chi connectivity index (χ1v) is 32.1. The van der Waals surface area contributed by atoms with Crippen LogP contribution in [0.2, 0.25) is 0 Å². The van der Waals surface area contributed by atoms with Crippen molar-refractivity contribution in [3.05, 3.63) is 228 Å². The van der Waals surface area contributed by atoms with Crippen molar-refractivity contribution in [2.75, 3.05) is 65.7 Å². The summed E-state index contributed by atoms with van der Waals surface area (Å²) in [5.41, 5.74) is 20.6. The number of aryl methyl sites for hydroxylation is 3. The summed E-state index contributed by atoms with van der Waals surface area (Å²) in [5.74, 6) is -2.92. The maximum Gasteiger partial charge on any atom is 0.338 e. The summed E-state index contributed by atoms with van der Waals surface area (Å²) >= 11 is 0. The number of carboxylic acid groups (broad SMARTS) is 3. The third-order valence-electron chi connectivity index (χ3n) is 18.0. The maximum absolute atomic E-state index is 11.8. The number of morpholine rings is 2. The third-order valence-corrected chi connectivity index (χ3v) is 18.0. The van der Waals surface area contributed by atoms with Gasteiger partial charge in [0.25, 0.3) is 0 Å². The van der Waals surface area contributed by atoms with Gasteiger partial charge in [0.15, 0.2) is 0 Å². The van der Waals surface area contributed by atoms with Crippen LogP contribution < -0.4 is 0 Å². The van der Waals surface area contributed by atoms with E-state index in [1.807, 2.05) is 61.1 Å². The van der Waals surface area contributed by atoms with Crippen LogP contribution in [0.5, 0.6) is 0 Å². The van der Waals surface area contributed by atoms with E-state index in [-0.39, 0.29) is 16.7 Å². The Bertz CT molecular complexity index is 4730. The summed E-state index contributed by atoms with van der Waals surface area (Å²) in [7, 11) is 5.37. The van der Waals surface area contributed by atoms with Crippen molar-refractivity contribution in [2.45, 2.75) is 32.5 Å². The van der Waals surface area contributed by atoms with Crippen LogP contribution in [0, 0.1) is 0 Å². The quantitative estimate of drug-likeness (QED) is 0.0873. The van der Waals surface area contributed by atoms with Crippen LogP contribution in [-0.2, 0) is 50.3 Å². The van der Waals surface area contributed by atoms with Crippen molar-refractivity contribution >= 4 is 51.0 Å². The molecule has 9 aromatic carbocycles. The van der Waals surface area contributed by atoms with Crippen molar-refractivity contribution in [3.8, 4) is 66.8 Å². The Morgan fingerprint density at radius 2 is 0.758 bits per heavy atom. The molecule has 6 heterocycles. The van der Waals surface area contributed by atoms with Gasteiger partial charge in [-0.3, -0.25) is 14.7 Å². The molecule has 0 saturated carbocycles. The Balaban J connectivity index is 0.000000129. The van der Waals surface area contributed by atoms with Crippen molar-refractivity contribution in [3.63, 3.8) is 0 Å². The predicted molar refractivity (Wildman–Crippen MR) is 370 cm³/mol. The topological polar surface area (TPSA) is 206 Å². The smallest absolute Gasteiger partial charge is 0.338 e. The van der Waals surface area contributed by atoms with Gasteiger partial charge in [0.1, 0.15) is 16.6 Å². The Labute approximate surface area is 550 Å². The first-order valence-electron chi connectivity index (χ1n) is 32.1. The van der Waals surface area contributed by atoms with E-state index >= 15 is 0 Å². The molecule has 3 saturated heterocycles. The van der Waals surface area contributed by atoms with Gasteiger partial charge in [0.2, 0.25) is 0 Å². The van der Waals surface area contributed by atoms with E-state index in [0.29, 0.717) is 27.6 Å². The molecule has 15 rings (SSSR count). The molecule has 95 heavy (non-hydrogen) atoms. The summed E-state index contributed by atoms with van der Waals surface area (Å²) in [6.07, 6.45) is 5.90. The molecule has 3 N–H and O–H groups in total. The SMILES string of the molecule is Cn1cnc2c(C(=O)O)cc(-c3ccc(-c4cccc(CN5CCOCC5)c4)cc3)cc21.Cn1cnc2cc(-c3ccc(-c4cccc(CN5CCCC5)c4)cc3)cc(C(=O)O)c21.Cn1nc2cc(-c3ccc(-c4cccc(CN5CCOCC5)c4)cc3)cc(C(=O)O)c2n1. The molecule has 3 aliphatic rings. The van der Waals surface area contributed by atoms with Crippen LogP contribution in [0.15, 0.2) is 195 Å². The number of benzene rings is 9. The number of ether oxygens (including phenoxy) is 2. The Morgan fingerprint density at radius 1 is 0.379 bits per heavy atom. The van der Waals surface area contributed by atoms with E-state index in [1.54, 1.807) is 42.5 Å². The number of rotatable bonds is 15. The molecule has 0 amide bonds. The lowest BCUT2D eigenvalue weighted by Gasteiger charge is -2.26. The minimum atomic E-state index is -1.01. The molecule has 0 radical (unpaired) electrons. The first kappa shape index (κ1) is 63.3. The Morgan fingerprint density at radius 3 is 1.20 bits per heavy atom. The van der Waals surface area contributed by atoms with Gasteiger partial charge in [-0.05, 0) is 164 Å². The van der Waals surface area contributed by atoms with Crippen molar-refractivity contribution in [1.82, 2.24) is 48.8 Å². The lowest BCUT2D eigenvalue weighted by atomic mass is 9.97. The average Bonchev–Trinajstić information content (AvgIpc) is 1.75. The van der Waals surface area contributed by atoms with Crippen molar-refractivity contribution < 1.29 is 39.2 Å². The summed E-state index contributed by atoms with van der Waals surface area (Å²) in [6, 6.07) is 61.7. The van der Waals surface area contributed by atoms with E-state index in [1.165, 1.54) is 58.5 Å². The van der Waals surface area contributed by atoms with E-state index in [2.05, 4.69) is 156 Å². The second-order valence-corrected chi connectivity index (χ2v) is 24.6. The molecule has 18 nitrogen and oxygen atoms in total. The number of fused-ring (bicyclic) bond motifs is 3. The number of likely N-dealkylation sites (tertiary alicyclic amines) is 1. The maximum atomic E-state index is 11.8. The highest BCUT2D eigenvalue weighted by atomic mass is 16.5. The number of hydrogen-bond acceptors (Lipinski definition) is 12. The average molecular weight is 1270 g/mol. The molecule has 0 aliphatic carbocycles. The third kappa shape index (κ3) is 14.7. The highest BCUT2D eigenvalue weighted by molar-refractivity contribution is 6.05. The van der Waals surface area contributed by atoms with Gasteiger partial charge in [-0.25, -0.2) is 24.4 Å². The number of hydrogen-bond donors (Lipinski definition) is 3. The van der Waals surface area contributed by atoms with Crippen LogP contribution in [0.25, 0.3) is 99.9 Å². The number of nitrogens with zero attached hydrogens (tertiary/aromatic N) is 10. The zero-order chi connectivity index (χ0) is 65.5. The minimum Gasteiger partial charge on any atom is -0.478 e. The molecule has 18 heteroatoms. The van der Waals surface area contributed by atoms with Crippen molar-refractivity contribution in [1.29, 1.82) is 0 Å². The highest BCUT2D eigenvalue weighted by Crippen LogP contribution is 2.34. The lowest BCUT2D eigenvalue weighted by molar-refractivity contribution is 0.0341. The zero-order valence-electron chi connectivity index (χ0n) is 53.4. The highest BCUT2D eigenvalue weighted by Gasteiger charge is 2.21. The van der Waals surface area contributed by atoms with Gasteiger partial charge in [-0.15, -0.1) is 0 Å². The number of carbonyl (C=O) groups is 3. The van der Waals surface area contributed by atoms with Crippen LogP contribution in [0.4, 0.5) is 0 Å². The fourth-order valence-corrected chi connectivity index (χ4v) is 13.0. The van der Waals surface area contributed by atoms with E-state index in [0.717, 1.165) is 133 Å².